The third kappa shape index (κ3) is 6.40. The zero-order valence-electron chi connectivity index (χ0n) is 23.8. The molecule has 1 unspecified atom stereocenters. The van der Waals surface area contributed by atoms with Gasteiger partial charge in [0.1, 0.15) is 11.2 Å². The van der Waals surface area contributed by atoms with Crippen LogP contribution in [0, 0.1) is 0 Å². The number of hydrogen-bond donors (Lipinski definition) is 1. The maximum atomic E-state index is 13.4. The molecule has 1 N–H and O–H groups in total. The lowest BCUT2D eigenvalue weighted by Gasteiger charge is -2.33. The predicted molar refractivity (Wildman–Crippen MR) is 148 cm³/mol. The average Bonchev–Trinajstić information content (AvgIpc) is 3.11. The summed E-state index contributed by atoms with van der Waals surface area (Å²) >= 11 is 0. The number of carbonyl (C=O) groups excluding carboxylic acids is 2. The van der Waals surface area contributed by atoms with Crippen LogP contribution in [0.1, 0.15) is 72.1 Å². The van der Waals surface area contributed by atoms with E-state index in [0.717, 1.165) is 60.2 Å². The first-order valence-electron chi connectivity index (χ1n) is 13.5. The molecule has 4 rings (SSSR count). The Kier molecular flexibility index (Phi) is 7.52. The number of piperidine rings is 1. The number of hydrogen-bond acceptors (Lipinski definition) is 6. The van der Waals surface area contributed by atoms with Gasteiger partial charge in [-0.15, -0.1) is 0 Å². The average molecular weight is 513 g/mol. The number of amides is 1. The van der Waals surface area contributed by atoms with E-state index in [4.69, 9.17) is 9.47 Å². The molecule has 1 aliphatic carbocycles. The number of fused-ring (bicyclic) bond motifs is 3. The van der Waals surface area contributed by atoms with E-state index in [2.05, 4.69) is 29.4 Å². The van der Waals surface area contributed by atoms with Crippen LogP contribution in [-0.4, -0.2) is 77.0 Å². The van der Waals surface area contributed by atoms with Crippen molar-refractivity contribution in [2.75, 3.05) is 32.5 Å². The molecular formula is C29H44N4O4. The first-order chi connectivity index (χ1) is 17.2. The Morgan fingerprint density at radius 1 is 1.00 bits per heavy atom. The van der Waals surface area contributed by atoms with Crippen molar-refractivity contribution in [2.45, 2.75) is 96.9 Å². The highest BCUT2D eigenvalue weighted by atomic mass is 16.6. The fourth-order valence-electron chi connectivity index (χ4n) is 5.35. The summed E-state index contributed by atoms with van der Waals surface area (Å²) in [6, 6.07) is 6.69. The third-order valence-corrected chi connectivity index (χ3v) is 7.23. The molecule has 1 amide bonds. The molecule has 37 heavy (non-hydrogen) atoms. The Balaban J connectivity index is 1.68. The van der Waals surface area contributed by atoms with E-state index in [1.165, 1.54) is 0 Å². The zero-order valence-corrected chi connectivity index (χ0v) is 23.8. The molecule has 0 saturated carbocycles. The van der Waals surface area contributed by atoms with Gasteiger partial charge < -0.3 is 24.6 Å². The van der Waals surface area contributed by atoms with Crippen LogP contribution in [0.5, 0.6) is 0 Å². The summed E-state index contributed by atoms with van der Waals surface area (Å²) in [7, 11) is 3.97. The summed E-state index contributed by atoms with van der Waals surface area (Å²) < 4.78 is 13.2. The molecule has 1 aromatic heterocycles. The minimum atomic E-state index is -0.593. The van der Waals surface area contributed by atoms with Crippen LogP contribution < -0.4 is 5.32 Å². The third-order valence-electron chi connectivity index (χ3n) is 7.23. The van der Waals surface area contributed by atoms with Crippen molar-refractivity contribution < 1.29 is 19.1 Å². The molecule has 204 valence electrons. The lowest BCUT2D eigenvalue weighted by atomic mass is 9.90. The summed E-state index contributed by atoms with van der Waals surface area (Å²) in [6.07, 6.45) is 3.63. The number of aromatic nitrogens is 1. The molecule has 1 fully saturated rings. The van der Waals surface area contributed by atoms with Gasteiger partial charge in [0.25, 0.3) is 0 Å². The topological polar surface area (TPSA) is 76.0 Å². The molecule has 2 aliphatic rings. The van der Waals surface area contributed by atoms with Gasteiger partial charge in [0, 0.05) is 35.9 Å². The van der Waals surface area contributed by atoms with Crippen LogP contribution in [0.4, 0.5) is 15.3 Å². The molecule has 1 saturated heterocycles. The van der Waals surface area contributed by atoms with Crippen molar-refractivity contribution in [1.29, 1.82) is 0 Å². The van der Waals surface area contributed by atoms with Crippen molar-refractivity contribution in [2.24, 2.45) is 0 Å². The fourth-order valence-corrected chi connectivity index (χ4v) is 5.35. The minimum Gasteiger partial charge on any atom is -0.444 e. The van der Waals surface area contributed by atoms with Gasteiger partial charge in [0.05, 0.1) is 5.52 Å². The van der Waals surface area contributed by atoms with Crippen LogP contribution >= 0.6 is 0 Å². The van der Waals surface area contributed by atoms with Gasteiger partial charge in [-0.1, -0.05) is 0 Å². The summed E-state index contributed by atoms with van der Waals surface area (Å²) in [5.74, 6) is 0. The van der Waals surface area contributed by atoms with E-state index >= 15 is 0 Å². The lowest BCUT2D eigenvalue weighted by molar-refractivity contribution is 0.0207. The predicted octanol–water partition coefficient (Wildman–Crippen LogP) is 5.65. The van der Waals surface area contributed by atoms with Gasteiger partial charge in [-0.3, -0.25) is 0 Å². The molecule has 2 aromatic rings. The SMILES string of the molecule is CN1CCC(Nc2ccc3c(c2)c2c(n3C(=O)OC(C)(C)C)CCC(N(C)C(=O)OC(C)(C)C)C2)CC1. The van der Waals surface area contributed by atoms with Crippen LogP contribution in [0.15, 0.2) is 18.2 Å². The van der Waals surface area contributed by atoms with E-state index in [9.17, 15) is 9.59 Å². The highest BCUT2D eigenvalue weighted by molar-refractivity contribution is 5.96. The molecule has 8 nitrogen and oxygen atoms in total. The normalized spacial score (nSPS) is 19.4. The van der Waals surface area contributed by atoms with Gasteiger partial charge in [0.2, 0.25) is 0 Å². The smallest absolute Gasteiger partial charge is 0.419 e. The Morgan fingerprint density at radius 3 is 2.27 bits per heavy atom. The number of rotatable bonds is 3. The molecule has 0 radical (unpaired) electrons. The Hall–Kier alpha value is -2.74. The summed E-state index contributed by atoms with van der Waals surface area (Å²) in [5, 5.41) is 4.76. The second kappa shape index (κ2) is 10.2. The van der Waals surface area contributed by atoms with Crippen molar-refractivity contribution in [3.8, 4) is 0 Å². The second-order valence-electron chi connectivity index (χ2n) is 12.7. The van der Waals surface area contributed by atoms with E-state index in [1.807, 2.05) is 54.7 Å². The van der Waals surface area contributed by atoms with Crippen molar-refractivity contribution in [1.82, 2.24) is 14.4 Å². The van der Waals surface area contributed by atoms with Crippen LogP contribution in [0.3, 0.4) is 0 Å². The number of anilines is 1. The number of ether oxygens (including phenoxy) is 2. The monoisotopic (exact) mass is 512 g/mol. The maximum Gasteiger partial charge on any atom is 0.419 e. The van der Waals surface area contributed by atoms with Gasteiger partial charge >= 0.3 is 12.2 Å². The molecule has 0 bridgehead atoms. The fraction of sp³-hybridized carbons (Fsp3) is 0.655. The Morgan fingerprint density at radius 2 is 1.65 bits per heavy atom. The minimum absolute atomic E-state index is 0.00877. The van der Waals surface area contributed by atoms with Crippen molar-refractivity contribution in [3.63, 3.8) is 0 Å². The number of benzene rings is 1. The summed E-state index contributed by atoms with van der Waals surface area (Å²) in [4.78, 5) is 30.2. The molecule has 1 aliphatic heterocycles. The first kappa shape index (κ1) is 27.3. The number of nitrogens with one attached hydrogen (secondary N) is 1. The van der Waals surface area contributed by atoms with Crippen LogP contribution in [0.25, 0.3) is 10.9 Å². The second-order valence-corrected chi connectivity index (χ2v) is 12.7. The number of nitrogens with zero attached hydrogens (tertiary/aromatic N) is 3. The number of likely N-dealkylation sites (N-methyl/N-ethyl adjacent to an activating group) is 1. The highest BCUT2D eigenvalue weighted by Gasteiger charge is 2.34. The largest absolute Gasteiger partial charge is 0.444 e. The Labute approximate surface area is 221 Å². The lowest BCUT2D eigenvalue weighted by Crippen LogP contribution is -2.43. The van der Waals surface area contributed by atoms with Crippen molar-refractivity contribution >= 4 is 28.8 Å². The highest BCUT2D eigenvalue weighted by Crippen LogP contribution is 2.36. The van der Waals surface area contributed by atoms with E-state index < -0.39 is 11.2 Å². The summed E-state index contributed by atoms with van der Waals surface area (Å²) in [5.41, 5.74) is 2.87. The number of likely N-dealkylation sites (tertiary alicyclic amines) is 1. The first-order valence-corrected chi connectivity index (χ1v) is 13.5. The standard InChI is InChI=1S/C29H44N4O4/c1-28(2,3)36-26(34)32(8)21-10-12-25-23(18-21)22-17-20(30-19-13-15-31(7)16-14-19)9-11-24(22)33(25)27(35)37-29(4,5)6/h9,11,17,19,21,30H,10,12-16,18H2,1-8H3. The number of carbonyl (C=O) groups is 2. The van der Waals surface area contributed by atoms with Crippen LogP contribution in [-0.2, 0) is 22.3 Å². The molecule has 2 heterocycles. The van der Waals surface area contributed by atoms with Gasteiger partial charge in [0.15, 0.2) is 0 Å². The van der Waals surface area contributed by atoms with Crippen molar-refractivity contribution in [3.05, 3.63) is 29.5 Å². The van der Waals surface area contributed by atoms with Gasteiger partial charge in [-0.05, 0) is 118 Å². The zero-order chi connectivity index (χ0) is 27.1. The molecular weight excluding hydrogens is 468 g/mol. The Bertz CT molecular complexity index is 1150. The molecule has 1 atom stereocenters. The molecule has 8 heteroatoms. The van der Waals surface area contributed by atoms with Gasteiger partial charge in [-0.2, -0.15) is 0 Å². The van der Waals surface area contributed by atoms with E-state index in [-0.39, 0.29) is 18.2 Å². The van der Waals surface area contributed by atoms with E-state index in [1.54, 1.807) is 9.47 Å². The molecule has 1 aromatic carbocycles. The maximum absolute atomic E-state index is 13.4. The van der Waals surface area contributed by atoms with Gasteiger partial charge in [-0.25, -0.2) is 14.2 Å². The summed E-state index contributed by atoms with van der Waals surface area (Å²) in [6.45, 7) is 13.5. The molecule has 0 spiro atoms. The van der Waals surface area contributed by atoms with E-state index in [0.29, 0.717) is 18.9 Å². The quantitative estimate of drug-likeness (QED) is 0.572. The van der Waals surface area contributed by atoms with Crippen LogP contribution in [0.2, 0.25) is 0 Å².